The Morgan fingerprint density at radius 2 is 1.89 bits per heavy atom. The molecule has 18 heavy (non-hydrogen) atoms. The van der Waals surface area contributed by atoms with Gasteiger partial charge >= 0.3 is 0 Å². The lowest BCUT2D eigenvalue weighted by molar-refractivity contribution is -0.00548. The largest absolute Gasteiger partial charge is 0.395 e. The van der Waals surface area contributed by atoms with Crippen LogP contribution in [0.1, 0.15) is 6.92 Å². The molecule has 0 aromatic carbocycles. The Kier molecular flexibility index (Phi) is 5.38. The fraction of sp³-hybridized carbons (Fsp3) is 1.00. The van der Waals surface area contributed by atoms with E-state index in [1.165, 1.54) is 0 Å². The fourth-order valence-corrected chi connectivity index (χ4v) is 3.10. The molecule has 2 rings (SSSR count). The van der Waals surface area contributed by atoms with E-state index in [0.717, 1.165) is 52.5 Å². The van der Waals surface area contributed by atoms with Gasteiger partial charge in [-0.1, -0.05) is 0 Å². The summed E-state index contributed by atoms with van der Waals surface area (Å²) < 4.78 is 5.37. The molecule has 0 spiro atoms. The molecule has 0 aliphatic carbocycles. The van der Waals surface area contributed by atoms with Gasteiger partial charge in [0.15, 0.2) is 0 Å². The Hall–Kier alpha value is -0.200. The highest BCUT2D eigenvalue weighted by Crippen LogP contribution is 2.14. The number of nitrogens with zero attached hydrogens (tertiary/aromatic N) is 3. The zero-order valence-electron chi connectivity index (χ0n) is 11.7. The molecule has 1 N–H and O–H groups in total. The molecule has 2 aliphatic rings. The molecule has 0 saturated carbocycles. The maximum absolute atomic E-state index is 9.53. The molecule has 5 heteroatoms. The Balaban J connectivity index is 1.81. The highest BCUT2D eigenvalue weighted by molar-refractivity contribution is 4.86. The van der Waals surface area contributed by atoms with E-state index in [2.05, 4.69) is 28.7 Å². The molecule has 2 heterocycles. The monoisotopic (exact) mass is 257 g/mol. The molecule has 5 nitrogen and oxygen atoms in total. The van der Waals surface area contributed by atoms with Crippen molar-refractivity contribution in [1.82, 2.24) is 14.7 Å². The molecule has 106 valence electrons. The number of hydrogen-bond acceptors (Lipinski definition) is 5. The van der Waals surface area contributed by atoms with Gasteiger partial charge in [0.25, 0.3) is 0 Å². The highest BCUT2D eigenvalue weighted by atomic mass is 16.5. The summed E-state index contributed by atoms with van der Waals surface area (Å²) in [6.07, 6.45) is 0. The standard InChI is InChI=1S/C13H27N3O2/c1-12-9-14(2)10-13(11-17)16(12)4-3-15-5-7-18-8-6-15/h12-13,17H,3-11H2,1-2H3. The first-order valence-corrected chi connectivity index (χ1v) is 7.06. The first kappa shape index (κ1) is 14.2. The lowest BCUT2D eigenvalue weighted by atomic mass is 10.1. The lowest BCUT2D eigenvalue weighted by Crippen LogP contribution is -2.59. The van der Waals surface area contributed by atoms with Gasteiger partial charge in [0, 0.05) is 51.4 Å². The van der Waals surface area contributed by atoms with Gasteiger partial charge in [0.1, 0.15) is 0 Å². The second-order valence-electron chi connectivity index (χ2n) is 5.60. The topological polar surface area (TPSA) is 39.2 Å². The third-order valence-electron chi connectivity index (χ3n) is 4.12. The van der Waals surface area contributed by atoms with Crippen LogP contribution >= 0.6 is 0 Å². The molecule has 2 atom stereocenters. The van der Waals surface area contributed by atoms with Crippen molar-refractivity contribution in [2.24, 2.45) is 0 Å². The van der Waals surface area contributed by atoms with Crippen LogP contribution in [0.25, 0.3) is 0 Å². The molecular formula is C13H27N3O2. The van der Waals surface area contributed by atoms with Gasteiger partial charge < -0.3 is 14.7 Å². The smallest absolute Gasteiger partial charge is 0.0599 e. The molecule has 0 aromatic heterocycles. The average molecular weight is 257 g/mol. The second-order valence-corrected chi connectivity index (χ2v) is 5.60. The van der Waals surface area contributed by atoms with Gasteiger partial charge in [-0.15, -0.1) is 0 Å². The molecule has 0 aromatic rings. The third-order valence-corrected chi connectivity index (χ3v) is 4.12. The van der Waals surface area contributed by atoms with Crippen LogP contribution in [0, 0.1) is 0 Å². The second kappa shape index (κ2) is 6.82. The fourth-order valence-electron chi connectivity index (χ4n) is 3.10. The van der Waals surface area contributed by atoms with Crippen molar-refractivity contribution < 1.29 is 9.84 Å². The van der Waals surface area contributed by atoms with Crippen LogP contribution in [0.2, 0.25) is 0 Å². The maximum Gasteiger partial charge on any atom is 0.0599 e. The summed E-state index contributed by atoms with van der Waals surface area (Å²) in [5, 5.41) is 9.53. The predicted octanol–water partition coefficient (Wildman–Crippen LogP) is -0.685. The maximum atomic E-state index is 9.53. The number of morpholine rings is 1. The molecular weight excluding hydrogens is 230 g/mol. The van der Waals surface area contributed by atoms with Crippen molar-refractivity contribution in [3.05, 3.63) is 0 Å². The molecule has 2 fully saturated rings. The first-order valence-electron chi connectivity index (χ1n) is 7.06. The average Bonchev–Trinajstić information content (AvgIpc) is 2.38. The summed E-state index contributed by atoms with van der Waals surface area (Å²) in [6, 6.07) is 0.821. The van der Waals surface area contributed by atoms with Crippen LogP contribution in [-0.2, 0) is 4.74 Å². The summed E-state index contributed by atoms with van der Waals surface area (Å²) in [5.74, 6) is 0. The molecule has 2 saturated heterocycles. The molecule has 0 amide bonds. The van der Waals surface area contributed by atoms with Crippen molar-refractivity contribution in [1.29, 1.82) is 0 Å². The summed E-state index contributed by atoms with van der Waals surface area (Å²) in [7, 11) is 2.14. The van der Waals surface area contributed by atoms with E-state index >= 15 is 0 Å². The molecule has 0 bridgehead atoms. The van der Waals surface area contributed by atoms with Crippen LogP contribution in [0.3, 0.4) is 0 Å². The Morgan fingerprint density at radius 1 is 1.17 bits per heavy atom. The van der Waals surface area contributed by atoms with Crippen molar-refractivity contribution >= 4 is 0 Å². The third kappa shape index (κ3) is 3.65. The number of aliphatic hydroxyl groups is 1. The van der Waals surface area contributed by atoms with E-state index < -0.39 is 0 Å². The van der Waals surface area contributed by atoms with Crippen molar-refractivity contribution in [3.63, 3.8) is 0 Å². The van der Waals surface area contributed by atoms with Gasteiger partial charge in [-0.25, -0.2) is 0 Å². The van der Waals surface area contributed by atoms with E-state index in [1.54, 1.807) is 0 Å². The van der Waals surface area contributed by atoms with Crippen LogP contribution in [-0.4, -0.2) is 98.0 Å². The number of ether oxygens (including phenoxy) is 1. The number of likely N-dealkylation sites (N-methyl/N-ethyl adjacent to an activating group) is 1. The minimum Gasteiger partial charge on any atom is -0.395 e. The Bertz CT molecular complexity index is 246. The predicted molar refractivity (Wildman–Crippen MR) is 71.8 cm³/mol. The summed E-state index contributed by atoms with van der Waals surface area (Å²) >= 11 is 0. The first-order chi connectivity index (χ1) is 8.70. The lowest BCUT2D eigenvalue weighted by Gasteiger charge is -2.44. The summed E-state index contributed by atoms with van der Waals surface area (Å²) in [5.41, 5.74) is 0. The van der Waals surface area contributed by atoms with E-state index in [0.29, 0.717) is 12.1 Å². The normalized spacial score (nSPS) is 32.8. The van der Waals surface area contributed by atoms with Crippen molar-refractivity contribution in [3.8, 4) is 0 Å². The Morgan fingerprint density at radius 3 is 2.56 bits per heavy atom. The van der Waals surface area contributed by atoms with Crippen LogP contribution in [0.5, 0.6) is 0 Å². The van der Waals surface area contributed by atoms with E-state index in [-0.39, 0.29) is 6.61 Å². The van der Waals surface area contributed by atoms with E-state index in [4.69, 9.17) is 4.74 Å². The zero-order valence-corrected chi connectivity index (χ0v) is 11.7. The van der Waals surface area contributed by atoms with Gasteiger partial charge in [-0.2, -0.15) is 0 Å². The number of rotatable bonds is 4. The van der Waals surface area contributed by atoms with Crippen LogP contribution in [0.4, 0.5) is 0 Å². The molecule has 2 aliphatic heterocycles. The summed E-state index contributed by atoms with van der Waals surface area (Å²) in [6.45, 7) is 10.6. The van der Waals surface area contributed by atoms with Crippen molar-refractivity contribution in [2.75, 3.05) is 66.1 Å². The van der Waals surface area contributed by atoms with Gasteiger partial charge in [0.2, 0.25) is 0 Å². The number of aliphatic hydroxyl groups excluding tert-OH is 1. The molecule has 2 unspecified atom stereocenters. The number of hydrogen-bond donors (Lipinski definition) is 1. The van der Waals surface area contributed by atoms with E-state index in [9.17, 15) is 5.11 Å². The van der Waals surface area contributed by atoms with E-state index in [1.807, 2.05) is 0 Å². The number of piperazine rings is 1. The van der Waals surface area contributed by atoms with Crippen LogP contribution < -0.4 is 0 Å². The highest BCUT2D eigenvalue weighted by Gasteiger charge is 2.30. The van der Waals surface area contributed by atoms with Gasteiger partial charge in [-0.3, -0.25) is 9.80 Å². The SMILES string of the molecule is CC1CN(C)CC(CO)N1CCN1CCOCC1. The zero-order chi connectivity index (χ0) is 13.0. The van der Waals surface area contributed by atoms with Gasteiger partial charge in [0.05, 0.1) is 19.8 Å². The van der Waals surface area contributed by atoms with Crippen molar-refractivity contribution in [2.45, 2.75) is 19.0 Å². The molecule has 0 radical (unpaired) electrons. The minimum atomic E-state index is 0.262. The van der Waals surface area contributed by atoms with Gasteiger partial charge in [-0.05, 0) is 14.0 Å². The minimum absolute atomic E-state index is 0.262. The summed E-state index contributed by atoms with van der Waals surface area (Å²) in [4.78, 5) is 7.25. The Labute approximate surface area is 110 Å². The quantitative estimate of drug-likeness (QED) is 0.722. The van der Waals surface area contributed by atoms with Crippen LogP contribution in [0.15, 0.2) is 0 Å².